The maximum atomic E-state index is 12.9. The van der Waals surface area contributed by atoms with Crippen LogP contribution in [0.1, 0.15) is 38.7 Å². The van der Waals surface area contributed by atoms with Crippen molar-refractivity contribution in [2.75, 3.05) is 37.6 Å². The number of piperazine rings is 1. The van der Waals surface area contributed by atoms with E-state index in [2.05, 4.69) is 56.0 Å². The number of quaternary nitrogens is 1. The molecule has 2 N–H and O–H groups in total. The predicted molar refractivity (Wildman–Crippen MR) is 121 cm³/mol. The van der Waals surface area contributed by atoms with Gasteiger partial charge in [0.25, 0.3) is 0 Å². The topological polar surface area (TPSA) is 54.2 Å². The summed E-state index contributed by atoms with van der Waals surface area (Å²) in [5, 5.41) is 11.5. The van der Waals surface area contributed by atoms with Crippen LogP contribution < -0.4 is 9.80 Å². The van der Waals surface area contributed by atoms with Crippen LogP contribution >= 0.6 is 0 Å². The molecule has 168 valence electrons. The third kappa shape index (κ3) is 3.50. The lowest BCUT2D eigenvalue weighted by Gasteiger charge is -2.51. The largest absolute Gasteiger partial charge is 0.461 e. The average Bonchev–Trinajstić information content (AvgIpc) is 3.06. The molecule has 2 aliphatic heterocycles. The summed E-state index contributed by atoms with van der Waals surface area (Å²) in [6.07, 6.45) is 4.64. The first kappa shape index (κ1) is 21.0. The maximum absolute atomic E-state index is 12.9. The Morgan fingerprint density at radius 3 is 2.81 bits per heavy atom. The molecule has 0 radical (unpaired) electrons. The van der Waals surface area contributed by atoms with Gasteiger partial charge in [-0.15, -0.1) is 0 Å². The number of hydrogen-bond donors (Lipinski definition) is 2. The first-order valence-corrected chi connectivity index (χ1v) is 12.1. The number of nitrogens with one attached hydrogen (secondary N) is 1. The van der Waals surface area contributed by atoms with Crippen molar-refractivity contribution in [1.82, 2.24) is 0 Å². The molecular formula is C26H37N2O3+. The van der Waals surface area contributed by atoms with Crippen LogP contribution in [0.15, 0.2) is 35.9 Å². The molecule has 3 fully saturated rings. The van der Waals surface area contributed by atoms with Crippen molar-refractivity contribution in [3.63, 3.8) is 0 Å². The average molecular weight is 426 g/mol. The zero-order valence-corrected chi connectivity index (χ0v) is 19.1. The van der Waals surface area contributed by atoms with Crippen LogP contribution in [0.2, 0.25) is 0 Å². The molecule has 6 atom stereocenters. The Balaban J connectivity index is 1.28. The number of hydrogen-bond acceptors (Lipinski definition) is 4. The molecule has 5 heteroatoms. The first-order valence-electron chi connectivity index (χ1n) is 12.1. The van der Waals surface area contributed by atoms with E-state index >= 15 is 0 Å². The maximum Gasteiger partial charge on any atom is 0.315 e. The second kappa shape index (κ2) is 7.93. The summed E-state index contributed by atoms with van der Waals surface area (Å²) in [6, 6.07) is 8.70. The predicted octanol–water partition coefficient (Wildman–Crippen LogP) is 1.98. The van der Waals surface area contributed by atoms with Gasteiger partial charge < -0.3 is 19.6 Å². The van der Waals surface area contributed by atoms with Crippen LogP contribution in [0, 0.1) is 30.1 Å². The van der Waals surface area contributed by atoms with E-state index < -0.39 is 6.10 Å². The summed E-state index contributed by atoms with van der Waals surface area (Å²) < 4.78 is 5.86. The number of benzene rings is 1. The van der Waals surface area contributed by atoms with Crippen molar-refractivity contribution in [2.45, 2.75) is 52.2 Å². The molecule has 1 aromatic rings. The molecule has 31 heavy (non-hydrogen) atoms. The van der Waals surface area contributed by atoms with Crippen molar-refractivity contribution in [3.8, 4) is 0 Å². The number of carbonyl (C=O) groups excluding carboxylic acids is 1. The molecule has 1 saturated carbocycles. The van der Waals surface area contributed by atoms with Gasteiger partial charge in [0.1, 0.15) is 12.0 Å². The highest BCUT2D eigenvalue weighted by Crippen LogP contribution is 2.55. The number of allylic oxidation sites excluding steroid dienone is 1. The van der Waals surface area contributed by atoms with Gasteiger partial charge in [-0.3, -0.25) is 4.79 Å². The van der Waals surface area contributed by atoms with Crippen LogP contribution in [-0.4, -0.2) is 56.0 Å². The number of ether oxygens (including phenoxy) is 1. The number of aliphatic hydroxyl groups is 1. The standard InChI is InChI=1S/C26H36N2O3/c1-17-6-4-9-20(14-17)28-12-10-27(11-13-28)16-21-23-22(31-25(21)30)15-19-8-5-7-18(2)26(19,3)24(23)29/h4,6,8-9,14,18,21-24,29H,5,7,10-13,15-16H2,1-3H3/p+1/t18-,21-,22-,23+,24-,26-/m0/s1. The number of nitrogens with zero attached hydrogens (tertiary/aromatic N) is 1. The summed E-state index contributed by atoms with van der Waals surface area (Å²) in [4.78, 5) is 16.8. The number of anilines is 1. The fraction of sp³-hybridized carbons (Fsp3) is 0.654. The summed E-state index contributed by atoms with van der Waals surface area (Å²) >= 11 is 0. The van der Waals surface area contributed by atoms with Gasteiger partial charge >= 0.3 is 5.97 Å². The van der Waals surface area contributed by atoms with Gasteiger partial charge in [-0.25, -0.2) is 0 Å². The highest BCUT2D eigenvalue weighted by Gasteiger charge is 2.60. The number of carbonyl (C=O) groups is 1. The molecule has 0 spiro atoms. The third-order valence-corrected chi connectivity index (χ3v) is 8.92. The first-order chi connectivity index (χ1) is 14.9. The minimum absolute atomic E-state index is 0.0718. The summed E-state index contributed by atoms with van der Waals surface area (Å²) in [7, 11) is 0. The minimum Gasteiger partial charge on any atom is -0.461 e. The van der Waals surface area contributed by atoms with Gasteiger partial charge in [0.2, 0.25) is 0 Å². The van der Waals surface area contributed by atoms with Gasteiger partial charge in [-0.1, -0.05) is 37.6 Å². The van der Waals surface area contributed by atoms with Crippen molar-refractivity contribution in [2.24, 2.45) is 23.2 Å². The lowest BCUT2D eigenvalue weighted by molar-refractivity contribution is -0.903. The summed E-state index contributed by atoms with van der Waals surface area (Å²) in [5.74, 6) is 0.0914. The smallest absolute Gasteiger partial charge is 0.315 e. The highest BCUT2D eigenvalue weighted by atomic mass is 16.6. The van der Waals surface area contributed by atoms with Gasteiger partial charge in [0.05, 0.1) is 38.8 Å². The second-order valence-electron chi connectivity index (χ2n) is 10.6. The molecule has 2 saturated heterocycles. The Morgan fingerprint density at radius 1 is 1.29 bits per heavy atom. The molecule has 2 heterocycles. The van der Waals surface area contributed by atoms with Crippen LogP contribution in [0.25, 0.3) is 0 Å². The Morgan fingerprint density at radius 2 is 2.06 bits per heavy atom. The Labute approximate surface area is 186 Å². The number of aryl methyl sites for hydroxylation is 1. The SMILES string of the molecule is Cc1cccc(N2CC[NH+](C[C@@H]3C(=O)O[C@H]4CC5=CCC[C@H](C)[C@]5(C)[C@@H](O)[C@@H]43)CC2)c1. The third-order valence-electron chi connectivity index (χ3n) is 8.92. The van der Waals surface area contributed by atoms with Crippen LogP contribution in [0.5, 0.6) is 0 Å². The van der Waals surface area contributed by atoms with E-state index in [0.717, 1.165) is 52.0 Å². The van der Waals surface area contributed by atoms with E-state index in [-0.39, 0.29) is 29.3 Å². The van der Waals surface area contributed by atoms with E-state index in [4.69, 9.17) is 4.74 Å². The van der Waals surface area contributed by atoms with Crippen molar-refractivity contribution in [1.29, 1.82) is 0 Å². The van der Waals surface area contributed by atoms with Crippen molar-refractivity contribution < 1.29 is 19.5 Å². The van der Waals surface area contributed by atoms with Crippen LogP contribution in [0.4, 0.5) is 5.69 Å². The summed E-state index contributed by atoms with van der Waals surface area (Å²) in [5.41, 5.74) is 3.68. The van der Waals surface area contributed by atoms with E-state index in [1.54, 1.807) is 0 Å². The van der Waals surface area contributed by atoms with Gasteiger partial charge in [0, 0.05) is 23.4 Å². The molecule has 0 bridgehead atoms. The number of aliphatic hydroxyl groups excluding tert-OH is 1. The molecule has 1 aromatic carbocycles. The van der Waals surface area contributed by atoms with Crippen LogP contribution in [-0.2, 0) is 9.53 Å². The molecule has 4 aliphatic rings. The highest BCUT2D eigenvalue weighted by molar-refractivity contribution is 5.76. The quantitative estimate of drug-likeness (QED) is 0.575. The summed E-state index contributed by atoms with van der Waals surface area (Å²) in [6.45, 7) is 11.4. The zero-order chi connectivity index (χ0) is 21.8. The molecule has 5 rings (SSSR count). The van der Waals surface area contributed by atoms with E-state index in [1.807, 2.05) is 0 Å². The second-order valence-corrected chi connectivity index (χ2v) is 10.6. The lowest BCUT2D eigenvalue weighted by Crippen LogP contribution is -3.15. The minimum atomic E-state index is -0.503. The van der Waals surface area contributed by atoms with Gasteiger partial charge in [-0.2, -0.15) is 0 Å². The van der Waals surface area contributed by atoms with Gasteiger partial charge in [0.15, 0.2) is 0 Å². The Bertz CT molecular complexity index is 875. The molecule has 0 aromatic heterocycles. The normalized spacial score (nSPS) is 38.3. The number of fused-ring (bicyclic) bond motifs is 2. The zero-order valence-electron chi connectivity index (χ0n) is 19.1. The molecule has 2 aliphatic carbocycles. The fourth-order valence-electron chi connectivity index (χ4n) is 6.72. The van der Waals surface area contributed by atoms with E-state index in [1.165, 1.54) is 21.7 Å². The fourth-order valence-corrected chi connectivity index (χ4v) is 6.72. The Kier molecular flexibility index (Phi) is 5.38. The monoisotopic (exact) mass is 425 g/mol. The van der Waals surface area contributed by atoms with Gasteiger partial charge in [-0.05, 0) is 43.4 Å². The van der Waals surface area contributed by atoms with E-state index in [9.17, 15) is 9.90 Å². The molecule has 5 nitrogen and oxygen atoms in total. The van der Waals surface area contributed by atoms with Crippen molar-refractivity contribution >= 4 is 11.7 Å². The number of rotatable bonds is 3. The lowest BCUT2D eigenvalue weighted by atomic mass is 9.55. The Hall–Kier alpha value is -1.85. The molecule has 0 amide bonds. The van der Waals surface area contributed by atoms with E-state index in [0.29, 0.717) is 5.92 Å². The molecular weight excluding hydrogens is 388 g/mol. The number of esters is 1. The van der Waals surface area contributed by atoms with Crippen LogP contribution in [0.3, 0.4) is 0 Å². The molecule has 0 unspecified atom stereocenters. The van der Waals surface area contributed by atoms with Crippen molar-refractivity contribution in [3.05, 3.63) is 41.5 Å².